The van der Waals surface area contributed by atoms with Gasteiger partial charge in [0.2, 0.25) is 0 Å². The first kappa shape index (κ1) is 17.9. The average molecular weight is 387 g/mol. The van der Waals surface area contributed by atoms with Gasteiger partial charge in [-0.2, -0.15) is 5.10 Å². The first-order valence-corrected chi connectivity index (χ1v) is 10.3. The molecule has 2 unspecified atom stereocenters. The maximum Gasteiger partial charge on any atom is 0.141 e. The maximum atomic E-state index is 4.77. The van der Waals surface area contributed by atoms with E-state index in [-0.39, 0.29) is 5.41 Å². The zero-order valence-electron chi connectivity index (χ0n) is 16.9. The maximum absolute atomic E-state index is 4.77. The second-order valence-electron chi connectivity index (χ2n) is 8.26. The van der Waals surface area contributed by atoms with Gasteiger partial charge in [0.25, 0.3) is 0 Å². The number of aromatic nitrogens is 5. The van der Waals surface area contributed by atoms with E-state index in [1.807, 2.05) is 18.5 Å². The molecule has 6 heteroatoms. The molecule has 0 amide bonds. The van der Waals surface area contributed by atoms with Gasteiger partial charge < -0.3 is 9.88 Å². The normalized spacial score (nSPS) is 20.4. The number of nitrogens with one attached hydrogen (secondary N) is 1. The highest BCUT2D eigenvalue weighted by Crippen LogP contribution is 2.43. The number of nitrogens with zero attached hydrogens (tertiary/aromatic N) is 5. The molecule has 4 heterocycles. The van der Waals surface area contributed by atoms with E-state index in [9.17, 15) is 0 Å². The molecule has 1 N–H and O–H groups in total. The van der Waals surface area contributed by atoms with Crippen molar-refractivity contribution in [2.75, 3.05) is 18.0 Å². The number of aromatic amines is 1. The molecule has 0 saturated carbocycles. The van der Waals surface area contributed by atoms with E-state index in [4.69, 9.17) is 5.10 Å². The molecule has 0 spiro atoms. The van der Waals surface area contributed by atoms with Crippen LogP contribution in [0.15, 0.2) is 61.3 Å². The second-order valence-corrected chi connectivity index (χ2v) is 8.26. The Balaban J connectivity index is 1.44. The van der Waals surface area contributed by atoms with Gasteiger partial charge in [-0.05, 0) is 31.0 Å². The molecule has 0 bridgehead atoms. The molecule has 1 saturated heterocycles. The Hall–Kier alpha value is -3.15. The van der Waals surface area contributed by atoms with Crippen LogP contribution in [0.25, 0.3) is 22.3 Å². The van der Waals surface area contributed by atoms with Gasteiger partial charge in [0.05, 0.1) is 17.9 Å². The standard InChI is InChI=1S/C23H26N6/c1-3-20(23(2)10-12-28(15-23)18-7-5-4-6-8-18)29-14-17(13-27-29)21-19-9-11-24-22(19)26-16-25-21/h4-9,11,13-14,16,20H,3,10,12,15H2,1-2H3,(H,24,25,26). The van der Waals surface area contributed by atoms with Gasteiger partial charge in [0.15, 0.2) is 0 Å². The highest BCUT2D eigenvalue weighted by atomic mass is 15.3. The van der Waals surface area contributed by atoms with Crippen LogP contribution < -0.4 is 4.90 Å². The van der Waals surface area contributed by atoms with Crippen LogP contribution in [0.1, 0.15) is 32.7 Å². The molecule has 0 aliphatic carbocycles. The van der Waals surface area contributed by atoms with E-state index in [0.717, 1.165) is 48.2 Å². The number of benzene rings is 1. The van der Waals surface area contributed by atoms with Gasteiger partial charge in [-0.1, -0.05) is 32.0 Å². The van der Waals surface area contributed by atoms with Crippen LogP contribution in [0.5, 0.6) is 0 Å². The molecule has 6 nitrogen and oxygen atoms in total. The largest absolute Gasteiger partial charge is 0.371 e. The van der Waals surface area contributed by atoms with Crippen molar-refractivity contribution >= 4 is 16.7 Å². The summed E-state index contributed by atoms with van der Waals surface area (Å²) in [4.78, 5) is 14.5. The van der Waals surface area contributed by atoms with Crippen molar-refractivity contribution in [1.29, 1.82) is 0 Å². The minimum Gasteiger partial charge on any atom is -0.371 e. The summed E-state index contributed by atoms with van der Waals surface area (Å²) in [5.41, 5.74) is 4.30. The number of rotatable bonds is 5. The number of para-hydroxylation sites is 1. The number of hydrogen-bond donors (Lipinski definition) is 1. The molecule has 148 valence electrons. The first-order valence-electron chi connectivity index (χ1n) is 10.3. The summed E-state index contributed by atoms with van der Waals surface area (Å²) < 4.78 is 2.16. The van der Waals surface area contributed by atoms with Gasteiger partial charge >= 0.3 is 0 Å². The third-order valence-corrected chi connectivity index (χ3v) is 6.37. The second kappa shape index (κ2) is 7.03. The number of H-pyrrole nitrogens is 1. The van der Waals surface area contributed by atoms with Crippen LogP contribution in [0.3, 0.4) is 0 Å². The lowest BCUT2D eigenvalue weighted by Gasteiger charge is -2.34. The Labute approximate surface area is 170 Å². The fraction of sp³-hybridized carbons (Fsp3) is 0.348. The number of hydrogen-bond acceptors (Lipinski definition) is 4. The fourth-order valence-corrected chi connectivity index (χ4v) is 4.85. The fourth-order valence-electron chi connectivity index (χ4n) is 4.85. The van der Waals surface area contributed by atoms with Crippen LogP contribution >= 0.6 is 0 Å². The summed E-state index contributed by atoms with van der Waals surface area (Å²) in [5, 5.41) is 5.80. The number of fused-ring (bicyclic) bond motifs is 1. The third kappa shape index (κ3) is 3.09. The smallest absolute Gasteiger partial charge is 0.141 e. The molecular weight excluding hydrogens is 360 g/mol. The summed E-state index contributed by atoms with van der Waals surface area (Å²) in [6.07, 6.45) is 9.80. The molecule has 3 aromatic heterocycles. The van der Waals surface area contributed by atoms with Gasteiger partial charge in [-0.15, -0.1) is 0 Å². The van der Waals surface area contributed by atoms with E-state index in [2.05, 4.69) is 74.9 Å². The van der Waals surface area contributed by atoms with Crippen molar-refractivity contribution < 1.29 is 0 Å². The molecule has 2 atom stereocenters. The minimum absolute atomic E-state index is 0.170. The lowest BCUT2D eigenvalue weighted by Crippen LogP contribution is -2.33. The predicted molar refractivity (Wildman–Crippen MR) is 116 cm³/mol. The van der Waals surface area contributed by atoms with Crippen molar-refractivity contribution in [3.63, 3.8) is 0 Å². The molecule has 1 fully saturated rings. The molecule has 1 aromatic carbocycles. The van der Waals surface area contributed by atoms with Crippen molar-refractivity contribution in [1.82, 2.24) is 24.7 Å². The summed E-state index contributed by atoms with van der Waals surface area (Å²) in [5.74, 6) is 0. The Morgan fingerprint density at radius 3 is 2.86 bits per heavy atom. The van der Waals surface area contributed by atoms with Gasteiger partial charge in [0.1, 0.15) is 12.0 Å². The minimum atomic E-state index is 0.170. The SMILES string of the molecule is CCC(n1cc(-c2ncnc3[nH]ccc23)cn1)C1(C)CCN(c2ccccc2)C1. The highest BCUT2D eigenvalue weighted by Gasteiger charge is 2.41. The molecule has 1 aliphatic rings. The lowest BCUT2D eigenvalue weighted by molar-refractivity contribution is 0.196. The Bertz CT molecular complexity index is 1110. The van der Waals surface area contributed by atoms with Gasteiger partial charge in [0, 0.05) is 47.5 Å². The third-order valence-electron chi connectivity index (χ3n) is 6.37. The first-order chi connectivity index (χ1) is 14.2. The molecular formula is C23H26N6. The summed E-state index contributed by atoms with van der Waals surface area (Å²) in [6.45, 7) is 6.79. The van der Waals surface area contributed by atoms with E-state index < -0.39 is 0 Å². The Morgan fingerprint density at radius 2 is 2.03 bits per heavy atom. The number of anilines is 1. The van der Waals surface area contributed by atoms with Crippen LogP contribution in [-0.2, 0) is 0 Å². The zero-order chi connectivity index (χ0) is 19.8. The molecule has 29 heavy (non-hydrogen) atoms. The van der Waals surface area contributed by atoms with Crippen molar-refractivity contribution in [3.05, 3.63) is 61.3 Å². The van der Waals surface area contributed by atoms with Gasteiger partial charge in [-0.3, -0.25) is 4.68 Å². The van der Waals surface area contributed by atoms with Crippen molar-refractivity contribution in [3.8, 4) is 11.3 Å². The van der Waals surface area contributed by atoms with Crippen LogP contribution in [0.2, 0.25) is 0 Å². The van der Waals surface area contributed by atoms with Crippen molar-refractivity contribution in [2.24, 2.45) is 5.41 Å². The predicted octanol–water partition coefficient (Wildman–Crippen LogP) is 4.69. The van der Waals surface area contributed by atoms with Crippen LogP contribution in [0.4, 0.5) is 5.69 Å². The molecule has 1 aliphatic heterocycles. The van der Waals surface area contributed by atoms with E-state index in [1.165, 1.54) is 5.69 Å². The highest BCUT2D eigenvalue weighted by molar-refractivity contribution is 5.89. The molecule has 0 radical (unpaired) electrons. The average Bonchev–Trinajstić information content (AvgIpc) is 3.49. The Kier molecular flexibility index (Phi) is 4.34. The quantitative estimate of drug-likeness (QED) is 0.540. The molecule has 4 aromatic rings. The summed E-state index contributed by atoms with van der Waals surface area (Å²) in [7, 11) is 0. The Morgan fingerprint density at radius 1 is 1.17 bits per heavy atom. The summed E-state index contributed by atoms with van der Waals surface area (Å²) >= 11 is 0. The zero-order valence-corrected chi connectivity index (χ0v) is 16.9. The lowest BCUT2D eigenvalue weighted by atomic mass is 9.80. The monoisotopic (exact) mass is 386 g/mol. The summed E-state index contributed by atoms with van der Waals surface area (Å²) in [6, 6.07) is 13.1. The van der Waals surface area contributed by atoms with Crippen molar-refractivity contribution in [2.45, 2.75) is 32.7 Å². The topological polar surface area (TPSA) is 62.6 Å². The van der Waals surface area contributed by atoms with Crippen LogP contribution in [-0.4, -0.2) is 37.8 Å². The van der Waals surface area contributed by atoms with E-state index in [1.54, 1.807) is 6.33 Å². The molecule has 5 rings (SSSR count). The van der Waals surface area contributed by atoms with E-state index >= 15 is 0 Å². The van der Waals surface area contributed by atoms with Crippen LogP contribution in [0, 0.1) is 5.41 Å². The van der Waals surface area contributed by atoms with E-state index in [0.29, 0.717) is 6.04 Å². The van der Waals surface area contributed by atoms with Gasteiger partial charge in [-0.25, -0.2) is 9.97 Å².